The molecule has 0 aliphatic carbocycles. The summed E-state index contributed by atoms with van der Waals surface area (Å²) in [6.07, 6.45) is 24.7. The minimum absolute atomic E-state index is 0.0126. The number of rotatable bonds is 26. The lowest BCUT2D eigenvalue weighted by Gasteiger charge is -2.18. The Morgan fingerprint density at radius 2 is 1.16 bits per heavy atom. The van der Waals surface area contributed by atoms with Crippen molar-refractivity contribution in [3.63, 3.8) is 0 Å². The van der Waals surface area contributed by atoms with Gasteiger partial charge < -0.3 is 18.9 Å². The highest BCUT2D eigenvalue weighted by Crippen LogP contribution is 2.13. The average Bonchev–Trinajstić information content (AvgIpc) is 2.78. The zero-order valence-corrected chi connectivity index (χ0v) is 21.2. The summed E-state index contributed by atoms with van der Waals surface area (Å²) >= 11 is 0. The smallest absolute Gasteiger partial charge is 0.188 e. The van der Waals surface area contributed by atoms with Gasteiger partial charge in [-0.15, -0.1) is 0 Å². The lowest BCUT2D eigenvalue weighted by atomic mass is 10.1. The van der Waals surface area contributed by atoms with Gasteiger partial charge in [0.25, 0.3) is 0 Å². The van der Waals surface area contributed by atoms with Crippen LogP contribution in [0.3, 0.4) is 0 Å². The number of allylic oxidation sites excluding steroid dienone is 1. The quantitative estimate of drug-likeness (QED) is 0.0764. The second-order valence-corrected chi connectivity index (χ2v) is 8.56. The van der Waals surface area contributed by atoms with Crippen LogP contribution in [0.5, 0.6) is 0 Å². The standard InChI is InChI=1S/C27H54O4/c1-4-7-10-19-22-28-26-29-23-20-17-15-13-11-12-14-16-18-21-27(30-24-8-5-2)31-25-9-6-3/h20,23,27H,4-19,21-22,24-26H2,1-3H3. The Balaban J connectivity index is 3.40. The van der Waals surface area contributed by atoms with Crippen LogP contribution in [0.15, 0.2) is 12.3 Å². The van der Waals surface area contributed by atoms with Gasteiger partial charge in [-0.25, -0.2) is 0 Å². The molecule has 31 heavy (non-hydrogen) atoms. The summed E-state index contributed by atoms with van der Waals surface area (Å²) < 4.78 is 22.6. The Labute approximate surface area is 194 Å². The van der Waals surface area contributed by atoms with Gasteiger partial charge in [0, 0.05) is 13.2 Å². The molecule has 186 valence electrons. The number of unbranched alkanes of at least 4 members (excludes halogenated alkanes) is 12. The van der Waals surface area contributed by atoms with Crippen LogP contribution in [0.25, 0.3) is 0 Å². The second-order valence-electron chi connectivity index (χ2n) is 8.56. The molecule has 0 aromatic carbocycles. The fraction of sp³-hybridized carbons (Fsp3) is 0.926. The summed E-state index contributed by atoms with van der Waals surface area (Å²) in [5, 5.41) is 0. The molecule has 0 aromatic rings. The molecule has 4 nitrogen and oxygen atoms in total. The van der Waals surface area contributed by atoms with E-state index in [-0.39, 0.29) is 6.29 Å². The molecule has 0 aliphatic rings. The van der Waals surface area contributed by atoms with E-state index in [1.807, 2.05) is 0 Å². The molecule has 4 heteroatoms. The number of hydrogen-bond donors (Lipinski definition) is 0. The SMILES string of the molecule is CCCCCCOCOC=CCCCCCCCCCC(OCCCC)OCCCC. The van der Waals surface area contributed by atoms with E-state index in [1.54, 1.807) is 6.26 Å². The fourth-order valence-electron chi connectivity index (χ4n) is 3.30. The molecule has 0 unspecified atom stereocenters. The first-order valence-corrected chi connectivity index (χ1v) is 13.4. The predicted octanol–water partition coefficient (Wildman–Crippen LogP) is 8.54. The van der Waals surface area contributed by atoms with Gasteiger partial charge in [-0.2, -0.15) is 0 Å². The highest BCUT2D eigenvalue weighted by molar-refractivity contribution is 4.72. The van der Waals surface area contributed by atoms with Crippen LogP contribution < -0.4 is 0 Å². The van der Waals surface area contributed by atoms with Crippen LogP contribution in [-0.4, -0.2) is 32.9 Å². The number of ether oxygens (including phenoxy) is 4. The van der Waals surface area contributed by atoms with Crippen molar-refractivity contribution in [2.75, 3.05) is 26.6 Å². The van der Waals surface area contributed by atoms with E-state index in [1.165, 1.54) is 77.0 Å². The zero-order valence-electron chi connectivity index (χ0n) is 21.2. The first kappa shape index (κ1) is 30.4. The third-order valence-corrected chi connectivity index (χ3v) is 5.40. The van der Waals surface area contributed by atoms with Gasteiger partial charge >= 0.3 is 0 Å². The topological polar surface area (TPSA) is 36.9 Å². The molecule has 0 aromatic heterocycles. The highest BCUT2D eigenvalue weighted by Gasteiger charge is 2.08. The lowest BCUT2D eigenvalue weighted by Crippen LogP contribution is -2.18. The molecule has 0 bridgehead atoms. The average molecular weight is 443 g/mol. The summed E-state index contributed by atoms with van der Waals surface area (Å²) in [5.74, 6) is 0. The third kappa shape index (κ3) is 25.6. The van der Waals surface area contributed by atoms with Gasteiger partial charge in [-0.1, -0.05) is 85.0 Å². The first-order valence-electron chi connectivity index (χ1n) is 13.4. The van der Waals surface area contributed by atoms with Crippen molar-refractivity contribution in [2.45, 2.75) is 136 Å². The molecule has 0 fully saturated rings. The zero-order chi connectivity index (χ0) is 22.7. The molecule has 0 saturated carbocycles. The molecule has 0 spiro atoms. The van der Waals surface area contributed by atoms with Crippen molar-refractivity contribution in [2.24, 2.45) is 0 Å². The molecule has 0 heterocycles. The van der Waals surface area contributed by atoms with E-state index >= 15 is 0 Å². The van der Waals surface area contributed by atoms with Crippen molar-refractivity contribution in [1.29, 1.82) is 0 Å². The van der Waals surface area contributed by atoms with E-state index < -0.39 is 0 Å². The predicted molar refractivity (Wildman–Crippen MR) is 132 cm³/mol. The highest BCUT2D eigenvalue weighted by atomic mass is 16.7. The van der Waals surface area contributed by atoms with Crippen molar-refractivity contribution < 1.29 is 18.9 Å². The van der Waals surface area contributed by atoms with Crippen LogP contribution in [0, 0.1) is 0 Å². The fourth-order valence-corrected chi connectivity index (χ4v) is 3.30. The summed E-state index contributed by atoms with van der Waals surface area (Å²) in [4.78, 5) is 0. The Kier molecular flexibility index (Phi) is 26.9. The lowest BCUT2D eigenvalue weighted by molar-refractivity contribution is -0.147. The molecule has 0 radical (unpaired) electrons. The van der Waals surface area contributed by atoms with Gasteiger partial charge in [-0.3, -0.25) is 0 Å². The Bertz CT molecular complexity index is 336. The third-order valence-electron chi connectivity index (χ3n) is 5.40. The Morgan fingerprint density at radius 3 is 1.81 bits per heavy atom. The van der Waals surface area contributed by atoms with Crippen molar-refractivity contribution >= 4 is 0 Å². The molecule has 0 saturated heterocycles. The Hall–Kier alpha value is -0.580. The van der Waals surface area contributed by atoms with Crippen LogP contribution in [-0.2, 0) is 18.9 Å². The maximum atomic E-state index is 5.92. The molecule has 0 aliphatic heterocycles. The monoisotopic (exact) mass is 442 g/mol. The summed E-state index contributed by atoms with van der Waals surface area (Å²) in [6.45, 7) is 9.49. The maximum absolute atomic E-state index is 5.92. The minimum Gasteiger partial charge on any atom is -0.475 e. The largest absolute Gasteiger partial charge is 0.475 e. The van der Waals surface area contributed by atoms with Crippen molar-refractivity contribution in [3.05, 3.63) is 12.3 Å². The number of hydrogen-bond acceptors (Lipinski definition) is 4. The van der Waals surface area contributed by atoms with Crippen molar-refractivity contribution in [3.8, 4) is 0 Å². The maximum Gasteiger partial charge on any atom is 0.188 e. The molecular weight excluding hydrogens is 388 g/mol. The normalized spacial score (nSPS) is 11.7. The van der Waals surface area contributed by atoms with Crippen LogP contribution in [0.2, 0.25) is 0 Å². The van der Waals surface area contributed by atoms with Gasteiger partial charge in [0.15, 0.2) is 13.1 Å². The van der Waals surface area contributed by atoms with Crippen LogP contribution in [0.1, 0.15) is 130 Å². The molecule has 0 rings (SSSR count). The van der Waals surface area contributed by atoms with Gasteiger partial charge in [-0.05, 0) is 51.0 Å². The summed E-state index contributed by atoms with van der Waals surface area (Å²) in [6, 6.07) is 0. The van der Waals surface area contributed by atoms with Gasteiger partial charge in [0.2, 0.25) is 0 Å². The van der Waals surface area contributed by atoms with Gasteiger partial charge in [0.05, 0.1) is 12.9 Å². The van der Waals surface area contributed by atoms with Gasteiger partial charge in [0.1, 0.15) is 0 Å². The molecule has 0 amide bonds. The molecule has 0 atom stereocenters. The van der Waals surface area contributed by atoms with Crippen LogP contribution in [0.4, 0.5) is 0 Å². The second kappa shape index (κ2) is 27.5. The van der Waals surface area contributed by atoms with E-state index in [9.17, 15) is 0 Å². The van der Waals surface area contributed by atoms with E-state index in [2.05, 4.69) is 26.8 Å². The van der Waals surface area contributed by atoms with Crippen LogP contribution >= 0.6 is 0 Å². The summed E-state index contributed by atoms with van der Waals surface area (Å²) in [7, 11) is 0. The first-order chi connectivity index (χ1) is 15.3. The molecule has 0 N–H and O–H groups in total. The van der Waals surface area contributed by atoms with E-state index in [4.69, 9.17) is 18.9 Å². The van der Waals surface area contributed by atoms with E-state index in [0.29, 0.717) is 6.79 Å². The van der Waals surface area contributed by atoms with E-state index in [0.717, 1.165) is 51.9 Å². The summed E-state index contributed by atoms with van der Waals surface area (Å²) in [5.41, 5.74) is 0. The minimum atomic E-state index is 0.0126. The Morgan fingerprint density at radius 1 is 0.581 bits per heavy atom. The van der Waals surface area contributed by atoms with Crippen molar-refractivity contribution in [1.82, 2.24) is 0 Å². The molecular formula is C27H54O4.